The van der Waals surface area contributed by atoms with Crippen LogP contribution in [0.2, 0.25) is 0 Å². The van der Waals surface area contributed by atoms with E-state index in [0.29, 0.717) is 17.5 Å². The molecule has 1 fully saturated rings. The largest absolute Gasteiger partial charge is 0.368 e. The van der Waals surface area contributed by atoms with E-state index in [2.05, 4.69) is 42.5 Å². The Morgan fingerprint density at radius 2 is 2.15 bits per heavy atom. The molecule has 0 bridgehead atoms. The predicted molar refractivity (Wildman–Crippen MR) is 79.9 cm³/mol. The lowest BCUT2D eigenvalue weighted by molar-refractivity contribution is 0.226. The van der Waals surface area contributed by atoms with Crippen LogP contribution in [0.4, 0.5) is 11.8 Å². The van der Waals surface area contributed by atoms with Gasteiger partial charge in [-0.25, -0.2) is 4.98 Å². The van der Waals surface area contributed by atoms with Crippen LogP contribution < -0.4 is 10.6 Å². The van der Waals surface area contributed by atoms with Crippen molar-refractivity contribution in [3.05, 3.63) is 6.33 Å². The zero-order chi connectivity index (χ0) is 13.9. The van der Waals surface area contributed by atoms with Gasteiger partial charge in [-0.15, -0.1) is 0 Å². The van der Waals surface area contributed by atoms with Crippen LogP contribution in [0.5, 0.6) is 0 Å². The van der Waals surface area contributed by atoms with E-state index in [0.717, 1.165) is 17.9 Å². The maximum absolute atomic E-state index is 4.48. The maximum Gasteiger partial charge on any atom is 0.226 e. The molecule has 0 amide bonds. The molecule has 3 heterocycles. The van der Waals surface area contributed by atoms with Crippen LogP contribution in [0.1, 0.15) is 12.8 Å². The lowest BCUT2D eigenvalue weighted by Crippen LogP contribution is -2.33. The molecule has 1 aliphatic rings. The standard InChI is InChI=1S/C13H21N7/c1-14-13-18-11(10-12(19-13)17-8-16-10)15-7-9-3-5-20(2)6-4-9/h8-9H,3-7H2,1-2H3,(H3,14,15,16,17,18,19). The number of aromatic amines is 1. The third-order valence-electron chi connectivity index (χ3n) is 3.91. The first-order valence-corrected chi connectivity index (χ1v) is 7.07. The molecule has 20 heavy (non-hydrogen) atoms. The number of imidazole rings is 1. The lowest BCUT2D eigenvalue weighted by atomic mass is 9.97. The minimum atomic E-state index is 0.593. The van der Waals surface area contributed by atoms with Crippen LogP contribution in [0.25, 0.3) is 11.2 Å². The normalized spacial score (nSPS) is 17.5. The van der Waals surface area contributed by atoms with Gasteiger partial charge >= 0.3 is 0 Å². The molecule has 1 aliphatic heterocycles. The monoisotopic (exact) mass is 275 g/mol. The predicted octanol–water partition coefficient (Wildman–Crippen LogP) is 1.15. The number of piperidine rings is 1. The molecule has 0 aromatic carbocycles. The first-order chi connectivity index (χ1) is 9.76. The number of aromatic nitrogens is 4. The SMILES string of the molecule is CNc1nc(NCC2CCN(C)CC2)c2[nH]cnc2n1. The highest BCUT2D eigenvalue weighted by atomic mass is 15.2. The first-order valence-electron chi connectivity index (χ1n) is 7.07. The number of likely N-dealkylation sites (tertiary alicyclic amines) is 1. The van der Waals surface area contributed by atoms with Crippen molar-refractivity contribution in [2.45, 2.75) is 12.8 Å². The van der Waals surface area contributed by atoms with Crippen molar-refractivity contribution in [3.63, 3.8) is 0 Å². The highest BCUT2D eigenvalue weighted by Gasteiger charge is 2.17. The quantitative estimate of drug-likeness (QED) is 0.776. The van der Waals surface area contributed by atoms with Gasteiger partial charge in [0, 0.05) is 13.6 Å². The summed E-state index contributed by atoms with van der Waals surface area (Å²) in [5.41, 5.74) is 1.56. The molecular weight excluding hydrogens is 254 g/mol. The zero-order valence-electron chi connectivity index (χ0n) is 12.0. The van der Waals surface area contributed by atoms with Crippen molar-refractivity contribution in [3.8, 4) is 0 Å². The second kappa shape index (κ2) is 5.62. The molecule has 0 unspecified atom stereocenters. The summed E-state index contributed by atoms with van der Waals surface area (Å²) < 4.78 is 0. The summed E-state index contributed by atoms with van der Waals surface area (Å²) in [6.45, 7) is 3.30. The van der Waals surface area contributed by atoms with Crippen molar-refractivity contribution in [1.29, 1.82) is 0 Å². The molecule has 1 saturated heterocycles. The minimum absolute atomic E-state index is 0.593. The van der Waals surface area contributed by atoms with Gasteiger partial charge in [0.15, 0.2) is 11.5 Å². The highest BCUT2D eigenvalue weighted by molar-refractivity contribution is 5.83. The van der Waals surface area contributed by atoms with Crippen LogP contribution in [0, 0.1) is 5.92 Å². The third kappa shape index (κ3) is 2.67. The number of nitrogens with zero attached hydrogens (tertiary/aromatic N) is 4. The number of H-pyrrole nitrogens is 1. The van der Waals surface area contributed by atoms with Gasteiger partial charge in [0.2, 0.25) is 5.95 Å². The van der Waals surface area contributed by atoms with Crippen LogP contribution in [-0.2, 0) is 0 Å². The smallest absolute Gasteiger partial charge is 0.226 e. The van der Waals surface area contributed by atoms with E-state index in [1.54, 1.807) is 6.33 Å². The third-order valence-corrected chi connectivity index (χ3v) is 3.91. The van der Waals surface area contributed by atoms with Gasteiger partial charge in [0.05, 0.1) is 6.33 Å². The molecule has 2 aromatic heterocycles. The number of hydrogen-bond donors (Lipinski definition) is 3. The Kier molecular flexibility index (Phi) is 3.68. The number of anilines is 2. The average Bonchev–Trinajstić information content (AvgIpc) is 2.94. The average molecular weight is 275 g/mol. The Hall–Kier alpha value is -1.89. The van der Waals surface area contributed by atoms with Gasteiger partial charge < -0.3 is 20.5 Å². The molecule has 0 radical (unpaired) electrons. The number of nitrogens with one attached hydrogen (secondary N) is 3. The van der Waals surface area contributed by atoms with Gasteiger partial charge in [0.1, 0.15) is 5.52 Å². The Bertz CT molecular complexity index is 571. The molecule has 7 heteroatoms. The summed E-state index contributed by atoms with van der Waals surface area (Å²) in [4.78, 5) is 18.5. The number of fused-ring (bicyclic) bond motifs is 1. The molecule has 108 valence electrons. The van der Waals surface area contributed by atoms with Crippen molar-refractivity contribution >= 4 is 22.9 Å². The van der Waals surface area contributed by atoms with Crippen molar-refractivity contribution in [1.82, 2.24) is 24.8 Å². The van der Waals surface area contributed by atoms with Gasteiger partial charge in [-0.05, 0) is 38.9 Å². The number of rotatable bonds is 4. The zero-order valence-corrected chi connectivity index (χ0v) is 12.0. The molecule has 0 aliphatic carbocycles. The van der Waals surface area contributed by atoms with E-state index in [9.17, 15) is 0 Å². The van der Waals surface area contributed by atoms with Crippen molar-refractivity contribution in [2.24, 2.45) is 5.92 Å². The fraction of sp³-hybridized carbons (Fsp3) is 0.615. The van der Waals surface area contributed by atoms with Gasteiger partial charge in [-0.2, -0.15) is 9.97 Å². The summed E-state index contributed by atoms with van der Waals surface area (Å²) in [6, 6.07) is 0. The summed E-state index contributed by atoms with van der Waals surface area (Å²) >= 11 is 0. The van der Waals surface area contributed by atoms with E-state index in [-0.39, 0.29) is 0 Å². The van der Waals surface area contributed by atoms with E-state index >= 15 is 0 Å². The minimum Gasteiger partial charge on any atom is -0.368 e. The van der Waals surface area contributed by atoms with Crippen LogP contribution in [-0.4, -0.2) is 58.6 Å². The maximum atomic E-state index is 4.48. The van der Waals surface area contributed by atoms with Gasteiger partial charge in [-0.3, -0.25) is 0 Å². The second-order valence-corrected chi connectivity index (χ2v) is 5.37. The second-order valence-electron chi connectivity index (χ2n) is 5.37. The van der Waals surface area contributed by atoms with Crippen LogP contribution >= 0.6 is 0 Å². The van der Waals surface area contributed by atoms with E-state index in [4.69, 9.17) is 0 Å². The van der Waals surface area contributed by atoms with Crippen LogP contribution in [0.3, 0.4) is 0 Å². The molecule has 3 N–H and O–H groups in total. The van der Waals surface area contributed by atoms with E-state index in [1.807, 2.05) is 7.05 Å². The van der Waals surface area contributed by atoms with Crippen molar-refractivity contribution < 1.29 is 0 Å². The van der Waals surface area contributed by atoms with Crippen molar-refractivity contribution in [2.75, 3.05) is 44.4 Å². The Labute approximate surface area is 118 Å². The highest BCUT2D eigenvalue weighted by Crippen LogP contribution is 2.21. The summed E-state index contributed by atoms with van der Waals surface area (Å²) in [5, 5.41) is 6.42. The van der Waals surface area contributed by atoms with Crippen LogP contribution in [0.15, 0.2) is 6.33 Å². The summed E-state index contributed by atoms with van der Waals surface area (Å²) in [7, 11) is 4.00. The molecule has 7 nitrogen and oxygen atoms in total. The Morgan fingerprint density at radius 3 is 2.90 bits per heavy atom. The molecule has 0 spiro atoms. The van der Waals surface area contributed by atoms with Gasteiger partial charge in [0.25, 0.3) is 0 Å². The molecular formula is C13H21N7. The summed E-state index contributed by atoms with van der Waals surface area (Å²) in [6.07, 6.45) is 4.12. The molecule has 3 rings (SSSR count). The first kappa shape index (κ1) is 13.1. The number of hydrogen-bond acceptors (Lipinski definition) is 6. The van der Waals surface area contributed by atoms with E-state index < -0.39 is 0 Å². The fourth-order valence-electron chi connectivity index (χ4n) is 2.58. The fourth-order valence-corrected chi connectivity index (χ4v) is 2.58. The molecule has 2 aromatic rings. The lowest BCUT2D eigenvalue weighted by Gasteiger charge is -2.29. The Balaban J connectivity index is 1.71. The Morgan fingerprint density at radius 1 is 1.35 bits per heavy atom. The molecule has 0 atom stereocenters. The van der Waals surface area contributed by atoms with E-state index in [1.165, 1.54) is 25.9 Å². The topological polar surface area (TPSA) is 81.8 Å². The molecule has 0 saturated carbocycles. The summed E-state index contributed by atoms with van der Waals surface area (Å²) in [5.74, 6) is 2.13. The van der Waals surface area contributed by atoms with Gasteiger partial charge in [-0.1, -0.05) is 0 Å².